The maximum Gasteiger partial charge on any atom is 0.244 e. The molecule has 0 saturated heterocycles. The number of hydrogen-bond donors (Lipinski definition) is 1. The molecule has 1 N–H and O–H groups in total. The maximum atomic E-state index is 13.0. The zero-order valence-corrected chi connectivity index (χ0v) is 10.1. The van der Waals surface area contributed by atoms with Crippen molar-refractivity contribution in [3.8, 4) is 6.07 Å². The van der Waals surface area contributed by atoms with Crippen LogP contribution in [0.3, 0.4) is 0 Å². The van der Waals surface area contributed by atoms with Crippen molar-refractivity contribution in [3.05, 3.63) is 30.1 Å². The molecule has 1 aromatic carbocycles. The van der Waals surface area contributed by atoms with Gasteiger partial charge in [-0.15, -0.1) is 0 Å². The minimum Gasteiger partial charge on any atom is -0.325 e. The number of nitrogens with zero attached hydrogens (tertiary/aromatic N) is 1. The summed E-state index contributed by atoms with van der Waals surface area (Å²) in [7, 11) is 0. The number of carbonyl (C=O) groups is 1. The van der Waals surface area contributed by atoms with Crippen LogP contribution in [0.5, 0.6) is 0 Å². The number of nitrogens with one attached hydrogen (secondary N) is 1. The number of rotatable bonds is 2. The fourth-order valence-electron chi connectivity index (χ4n) is 2.36. The summed E-state index contributed by atoms with van der Waals surface area (Å²) in [6.07, 6.45) is 4.03. The molecule has 18 heavy (non-hydrogen) atoms. The van der Waals surface area contributed by atoms with E-state index in [1.807, 2.05) is 0 Å². The van der Waals surface area contributed by atoms with Crippen molar-refractivity contribution in [1.82, 2.24) is 0 Å². The van der Waals surface area contributed by atoms with Crippen molar-refractivity contribution < 1.29 is 9.18 Å². The molecule has 0 atom stereocenters. The molecule has 4 heteroatoms. The van der Waals surface area contributed by atoms with Gasteiger partial charge in [0, 0.05) is 5.69 Å². The summed E-state index contributed by atoms with van der Waals surface area (Å²) in [5, 5.41) is 11.9. The first-order valence-corrected chi connectivity index (χ1v) is 6.15. The highest BCUT2D eigenvalue weighted by atomic mass is 19.1. The van der Waals surface area contributed by atoms with Crippen molar-refractivity contribution in [2.75, 3.05) is 5.32 Å². The second kappa shape index (κ2) is 5.18. The van der Waals surface area contributed by atoms with Gasteiger partial charge in [0.15, 0.2) is 0 Å². The van der Waals surface area contributed by atoms with Gasteiger partial charge in [0.1, 0.15) is 11.2 Å². The Hall–Kier alpha value is -1.89. The van der Waals surface area contributed by atoms with Gasteiger partial charge in [-0.05, 0) is 31.0 Å². The zero-order valence-electron chi connectivity index (χ0n) is 10.1. The Balaban J connectivity index is 2.13. The molecule has 2 rings (SSSR count). The monoisotopic (exact) mass is 246 g/mol. The molecule has 1 aromatic rings. The second-order valence-electron chi connectivity index (χ2n) is 4.72. The molecule has 0 unspecified atom stereocenters. The summed E-state index contributed by atoms with van der Waals surface area (Å²) in [4.78, 5) is 12.2. The second-order valence-corrected chi connectivity index (χ2v) is 4.72. The van der Waals surface area contributed by atoms with Crippen molar-refractivity contribution in [2.45, 2.75) is 32.1 Å². The molecule has 94 valence electrons. The lowest BCUT2D eigenvalue weighted by Gasteiger charge is -2.29. The van der Waals surface area contributed by atoms with Gasteiger partial charge < -0.3 is 5.32 Å². The van der Waals surface area contributed by atoms with E-state index in [0.717, 1.165) is 19.3 Å². The molecule has 0 heterocycles. The predicted octanol–water partition coefficient (Wildman–Crippen LogP) is 3.24. The smallest absolute Gasteiger partial charge is 0.244 e. The Morgan fingerprint density at radius 1 is 1.33 bits per heavy atom. The van der Waals surface area contributed by atoms with Gasteiger partial charge >= 0.3 is 0 Å². The minimum atomic E-state index is -0.940. The van der Waals surface area contributed by atoms with E-state index in [4.69, 9.17) is 0 Å². The van der Waals surface area contributed by atoms with Crippen molar-refractivity contribution in [2.24, 2.45) is 5.41 Å². The highest BCUT2D eigenvalue weighted by Gasteiger charge is 2.39. The van der Waals surface area contributed by atoms with E-state index in [1.54, 1.807) is 6.07 Å². The van der Waals surface area contributed by atoms with Crippen LogP contribution in [0.4, 0.5) is 10.1 Å². The lowest BCUT2D eigenvalue weighted by atomic mass is 9.74. The third-order valence-corrected chi connectivity index (χ3v) is 3.44. The van der Waals surface area contributed by atoms with Crippen molar-refractivity contribution in [1.29, 1.82) is 5.26 Å². The quantitative estimate of drug-likeness (QED) is 0.870. The van der Waals surface area contributed by atoms with Crippen LogP contribution < -0.4 is 5.32 Å². The van der Waals surface area contributed by atoms with E-state index in [2.05, 4.69) is 11.4 Å². The van der Waals surface area contributed by atoms with Crippen LogP contribution in [-0.2, 0) is 4.79 Å². The molecule has 1 aliphatic carbocycles. The largest absolute Gasteiger partial charge is 0.325 e. The Labute approximate surface area is 106 Å². The van der Waals surface area contributed by atoms with Gasteiger partial charge in [-0.2, -0.15) is 5.26 Å². The van der Waals surface area contributed by atoms with Crippen LogP contribution in [0, 0.1) is 22.6 Å². The molecule has 1 saturated carbocycles. The Morgan fingerprint density at radius 3 is 2.67 bits per heavy atom. The minimum absolute atomic E-state index is 0.310. The molecule has 0 bridgehead atoms. The van der Waals surface area contributed by atoms with Crippen LogP contribution >= 0.6 is 0 Å². The fraction of sp³-hybridized carbons (Fsp3) is 0.429. The lowest BCUT2D eigenvalue weighted by Crippen LogP contribution is -2.36. The SMILES string of the molecule is N#CC1(C(=O)Nc2cccc(F)c2)CCCCC1. The Morgan fingerprint density at radius 2 is 2.06 bits per heavy atom. The summed E-state index contributed by atoms with van der Waals surface area (Å²) in [5.41, 5.74) is -0.537. The van der Waals surface area contributed by atoms with Crippen LogP contribution in [-0.4, -0.2) is 5.91 Å². The van der Waals surface area contributed by atoms with Gasteiger partial charge in [0.05, 0.1) is 6.07 Å². The molecule has 1 aliphatic rings. The number of nitriles is 1. The first-order chi connectivity index (χ1) is 8.66. The van der Waals surface area contributed by atoms with Gasteiger partial charge in [-0.1, -0.05) is 25.3 Å². The van der Waals surface area contributed by atoms with Crippen LogP contribution in [0.15, 0.2) is 24.3 Å². The number of carbonyl (C=O) groups excluding carboxylic acids is 1. The number of benzene rings is 1. The summed E-state index contributed by atoms with van der Waals surface area (Å²) < 4.78 is 13.0. The van der Waals surface area contributed by atoms with Crippen LogP contribution in [0.2, 0.25) is 0 Å². The maximum absolute atomic E-state index is 13.0. The summed E-state index contributed by atoms with van der Waals surface area (Å²) in [5.74, 6) is -0.710. The van der Waals surface area contributed by atoms with Crippen molar-refractivity contribution >= 4 is 11.6 Å². The molecular formula is C14H15FN2O. The predicted molar refractivity (Wildman–Crippen MR) is 66.2 cm³/mol. The van der Waals surface area contributed by atoms with E-state index < -0.39 is 11.2 Å². The third kappa shape index (κ3) is 2.51. The highest BCUT2D eigenvalue weighted by Crippen LogP contribution is 2.36. The number of amides is 1. The van der Waals surface area contributed by atoms with E-state index in [1.165, 1.54) is 18.2 Å². The molecule has 3 nitrogen and oxygen atoms in total. The summed E-state index contributed by atoms with van der Waals surface area (Å²) in [6, 6.07) is 7.87. The van der Waals surface area contributed by atoms with E-state index in [0.29, 0.717) is 18.5 Å². The topological polar surface area (TPSA) is 52.9 Å². The Kier molecular flexibility index (Phi) is 3.61. The molecule has 0 radical (unpaired) electrons. The molecule has 1 amide bonds. The molecule has 0 aliphatic heterocycles. The summed E-state index contributed by atoms with van der Waals surface area (Å²) in [6.45, 7) is 0. The van der Waals surface area contributed by atoms with E-state index in [9.17, 15) is 14.4 Å². The number of hydrogen-bond acceptors (Lipinski definition) is 2. The van der Waals surface area contributed by atoms with Gasteiger partial charge in [-0.3, -0.25) is 4.79 Å². The zero-order chi connectivity index (χ0) is 13.0. The van der Waals surface area contributed by atoms with E-state index in [-0.39, 0.29) is 5.91 Å². The third-order valence-electron chi connectivity index (χ3n) is 3.44. The molecular weight excluding hydrogens is 231 g/mol. The lowest BCUT2D eigenvalue weighted by molar-refractivity contribution is -0.124. The standard InChI is InChI=1S/C14H15FN2O/c15-11-5-4-6-12(9-11)17-13(18)14(10-16)7-2-1-3-8-14/h4-6,9H,1-3,7-8H2,(H,17,18). The van der Waals surface area contributed by atoms with Crippen LogP contribution in [0.1, 0.15) is 32.1 Å². The van der Waals surface area contributed by atoms with Crippen molar-refractivity contribution in [3.63, 3.8) is 0 Å². The van der Waals surface area contributed by atoms with Gasteiger partial charge in [0.25, 0.3) is 0 Å². The van der Waals surface area contributed by atoms with Gasteiger partial charge in [0.2, 0.25) is 5.91 Å². The average molecular weight is 246 g/mol. The Bertz CT molecular complexity index is 487. The normalized spacial score (nSPS) is 17.8. The summed E-state index contributed by atoms with van der Waals surface area (Å²) >= 11 is 0. The molecule has 0 aromatic heterocycles. The molecule has 0 spiro atoms. The number of anilines is 1. The van der Waals surface area contributed by atoms with Crippen LogP contribution in [0.25, 0.3) is 0 Å². The first-order valence-electron chi connectivity index (χ1n) is 6.15. The fourth-order valence-corrected chi connectivity index (χ4v) is 2.36. The van der Waals surface area contributed by atoms with Gasteiger partial charge in [-0.25, -0.2) is 4.39 Å². The average Bonchev–Trinajstić information content (AvgIpc) is 2.39. The molecule has 1 fully saturated rings. The highest BCUT2D eigenvalue weighted by molar-refractivity contribution is 5.97. The van der Waals surface area contributed by atoms with E-state index >= 15 is 0 Å². The first kappa shape index (κ1) is 12.6. The number of halogens is 1.